The van der Waals surface area contributed by atoms with Crippen LogP contribution in [0.4, 0.5) is 13.2 Å². The van der Waals surface area contributed by atoms with Crippen molar-refractivity contribution in [2.75, 3.05) is 0 Å². The SMILES string of the molecule is Oc1ccccc1Cn1ccnc1Cc1ccc(C(F)(F)F)cc1. The summed E-state index contributed by atoms with van der Waals surface area (Å²) in [6.07, 6.45) is -0.494. The van der Waals surface area contributed by atoms with Crippen LogP contribution >= 0.6 is 0 Å². The molecule has 0 aliphatic rings. The molecule has 1 aromatic heterocycles. The molecular formula is C18H15F3N2O. The highest BCUT2D eigenvalue weighted by Crippen LogP contribution is 2.29. The van der Waals surface area contributed by atoms with Gasteiger partial charge in [0.05, 0.1) is 12.1 Å². The van der Waals surface area contributed by atoms with Crippen molar-refractivity contribution in [1.82, 2.24) is 9.55 Å². The van der Waals surface area contributed by atoms with Crippen LogP contribution in [0.1, 0.15) is 22.5 Å². The first-order chi connectivity index (χ1) is 11.4. The predicted octanol–water partition coefficient (Wildman–Crippen LogP) is 4.25. The Morgan fingerprint density at radius 3 is 2.38 bits per heavy atom. The Kier molecular flexibility index (Phi) is 4.29. The van der Waals surface area contributed by atoms with Crippen molar-refractivity contribution in [3.63, 3.8) is 0 Å². The molecule has 0 atom stereocenters. The van der Waals surface area contributed by atoms with Crippen molar-refractivity contribution >= 4 is 0 Å². The first-order valence-corrected chi connectivity index (χ1v) is 7.36. The second-order valence-electron chi connectivity index (χ2n) is 5.47. The van der Waals surface area contributed by atoms with Crippen molar-refractivity contribution in [2.24, 2.45) is 0 Å². The number of hydrogen-bond donors (Lipinski definition) is 1. The number of alkyl halides is 3. The second kappa shape index (κ2) is 6.39. The molecule has 2 aromatic carbocycles. The maximum Gasteiger partial charge on any atom is 0.416 e. The standard InChI is InChI=1S/C18H15F3N2O/c19-18(20,21)15-7-5-13(6-8-15)11-17-22-9-10-23(17)12-14-3-1-2-4-16(14)24/h1-10,24H,11-12H2. The third-order valence-corrected chi connectivity index (χ3v) is 3.78. The lowest BCUT2D eigenvalue weighted by Gasteiger charge is -2.10. The smallest absolute Gasteiger partial charge is 0.416 e. The fourth-order valence-corrected chi connectivity index (χ4v) is 2.47. The molecule has 0 radical (unpaired) electrons. The molecule has 0 saturated heterocycles. The molecule has 0 bridgehead atoms. The highest BCUT2D eigenvalue weighted by molar-refractivity contribution is 5.32. The Morgan fingerprint density at radius 2 is 1.71 bits per heavy atom. The van der Waals surface area contributed by atoms with Crippen LogP contribution < -0.4 is 0 Å². The Hall–Kier alpha value is -2.76. The van der Waals surface area contributed by atoms with Crippen LogP contribution in [0.25, 0.3) is 0 Å². The summed E-state index contributed by atoms with van der Waals surface area (Å²) in [6, 6.07) is 12.1. The average molecular weight is 332 g/mol. The molecule has 0 saturated carbocycles. The maximum atomic E-state index is 12.6. The van der Waals surface area contributed by atoms with Gasteiger partial charge in [-0.1, -0.05) is 30.3 Å². The normalized spacial score (nSPS) is 11.6. The van der Waals surface area contributed by atoms with Crippen LogP contribution in [0.3, 0.4) is 0 Å². The summed E-state index contributed by atoms with van der Waals surface area (Å²) in [7, 11) is 0. The zero-order valence-corrected chi connectivity index (χ0v) is 12.7. The number of aromatic nitrogens is 2. The molecule has 0 aliphatic heterocycles. The minimum atomic E-state index is -4.33. The number of para-hydroxylation sites is 1. The fourth-order valence-electron chi connectivity index (χ4n) is 2.47. The second-order valence-corrected chi connectivity index (χ2v) is 5.47. The van der Waals surface area contributed by atoms with Gasteiger partial charge in [-0.2, -0.15) is 13.2 Å². The molecule has 3 rings (SSSR count). The Morgan fingerprint density at radius 1 is 1.00 bits per heavy atom. The first-order valence-electron chi connectivity index (χ1n) is 7.36. The van der Waals surface area contributed by atoms with E-state index in [0.717, 1.165) is 29.1 Å². The van der Waals surface area contributed by atoms with Gasteiger partial charge in [0.25, 0.3) is 0 Å². The van der Waals surface area contributed by atoms with Crippen molar-refractivity contribution < 1.29 is 18.3 Å². The predicted molar refractivity (Wildman–Crippen MR) is 83.7 cm³/mol. The molecule has 124 valence electrons. The first kappa shape index (κ1) is 16.1. The van der Waals surface area contributed by atoms with Gasteiger partial charge in [0.2, 0.25) is 0 Å². The van der Waals surface area contributed by atoms with Gasteiger partial charge in [-0.05, 0) is 23.8 Å². The van der Waals surface area contributed by atoms with E-state index in [4.69, 9.17) is 0 Å². The maximum absolute atomic E-state index is 12.6. The highest BCUT2D eigenvalue weighted by Gasteiger charge is 2.29. The summed E-state index contributed by atoms with van der Waals surface area (Å²) in [5.41, 5.74) is 0.834. The highest BCUT2D eigenvalue weighted by atomic mass is 19.4. The van der Waals surface area contributed by atoms with E-state index in [2.05, 4.69) is 4.98 Å². The Bertz CT molecular complexity index is 823. The zero-order chi connectivity index (χ0) is 17.2. The number of hydrogen-bond acceptors (Lipinski definition) is 2. The molecule has 1 heterocycles. The molecule has 24 heavy (non-hydrogen) atoms. The molecule has 0 amide bonds. The number of halogens is 3. The van der Waals surface area contributed by atoms with Gasteiger partial charge in [0.15, 0.2) is 0 Å². The number of phenols is 1. The quantitative estimate of drug-likeness (QED) is 0.776. The van der Waals surface area contributed by atoms with Crippen LogP contribution in [0.2, 0.25) is 0 Å². The minimum Gasteiger partial charge on any atom is -0.508 e. The van der Waals surface area contributed by atoms with E-state index >= 15 is 0 Å². The molecule has 0 unspecified atom stereocenters. The summed E-state index contributed by atoms with van der Waals surface area (Å²) in [6.45, 7) is 0.447. The van der Waals surface area contributed by atoms with Gasteiger partial charge in [-0.15, -0.1) is 0 Å². The van der Waals surface area contributed by atoms with Crippen molar-refractivity contribution in [3.05, 3.63) is 83.4 Å². The summed E-state index contributed by atoms with van der Waals surface area (Å²) in [5, 5.41) is 9.86. The van der Waals surface area contributed by atoms with E-state index in [-0.39, 0.29) is 5.75 Å². The number of benzene rings is 2. The number of nitrogens with zero attached hydrogens (tertiary/aromatic N) is 2. The van der Waals surface area contributed by atoms with Crippen LogP contribution in [0.5, 0.6) is 5.75 Å². The van der Waals surface area contributed by atoms with E-state index in [1.807, 2.05) is 16.7 Å². The summed E-state index contributed by atoms with van der Waals surface area (Å²) < 4.78 is 39.7. The van der Waals surface area contributed by atoms with E-state index < -0.39 is 11.7 Å². The van der Waals surface area contributed by atoms with Crippen LogP contribution in [0.15, 0.2) is 60.9 Å². The third-order valence-electron chi connectivity index (χ3n) is 3.78. The largest absolute Gasteiger partial charge is 0.508 e. The van der Waals surface area contributed by atoms with E-state index in [9.17, 15) is 18.3 Å². The van der Waals surface area contributed by atoms with E-state index in [1.54, 1.807) is 24.5 Å². The Labute approximate surface area is 137 Å². The van der Waals surface area contributed by atoms with Gasteiger partial charge in [-0.3, -0.25) is 0 Å². The van der Waals surface area contributed by atoms with Crippen LogP contribution in [0, 0.1) is 0 Å². The fraction of sp³-hybridized carbons (Fsp3) is 0.167. The lowest BCUT2D eigenvalue weighted by Crippen LogP contribution is -2.07. The van der Waals surface area contributed by atoms with E-state index in [0.29, 0.717) is 13.0 Å². The Balaban J connectivity index is 1.77. The number of rotatable bonds is 4. The lowest BCUT2D eigenvalue weighted by atomic mass is 10.1. The van der Waals surface area contributed by atoms with Gasteiger partial charge >= 0.3 is 6.18 Å². The van der Waals surface area contributed by atoms with Gasteiger partial charge in [0.1, 0.15) is 11.6 Å². The summed E-state index contributed by atoms with van der Waals surface area (Å²) in [5.74, 6) is 0.921. The van der Waals surface area contributed by atoms with Crippen LogP contribution in [-0.2, 0) is 19.1 Å². The van der Waals surface area contributed by atoms with Crippen molar-refractivity contribution in [3.8, 4) is 5.75 Å². The molecule has 0 aliphatic carbocycles. The summed E-state index contributed by atoms with van der Waals surface area (Å²) >= 11 is 0. The average Bonchev–Trinajstić information content (AvgIpc) is 2.96. The molecule has 3 nitrogen and oxygen atoms in total. The van der Waals surface area contributed by atoms with Gasteiger partial charge < -0.3 is 9.67 Å². The zero-order valence-electron chi connectivity index (χ0n) is 12.7. The van der Waals surface area contributed by atoms with Crippen molar-refractivity contribution in [2.45, 2.75) is 19.1 Å². The number of imidazole rings is 1. The van der Waals surface area contributed by atoms with Gasteiger partial charge in [-0.25, -0.2) is 4.98 Å². The molecule has 6 heteroatoms. The van der Waals surface area contributed by atoms with E-state index in [1.165, 1.54) is 12.1 Å². The van der Waals surface area contributed by atoms with Crippen LogP contribution in [-0.4, -0.2) is 14.7 Å². The molecular weight excluding hydrogens is 317 g/mol. The number of aromatic hydroxyl groups is 1. The van der Waals surface area contributed by atoms with Gasteiger partial charge in [0, 0.05) is 24.4 Å². The molecule has 3 aromatic rings. The topological polar surface area (TPSA) is 38.0 Å². The molecule has 0 fully saturated rings. The third kappa shape index (κ3) is 3.59. The lowest BCUT2D eigenvalue weighted by molar-refractivity contribution is -0.137. The molecule has 1 N–H and O–H groups in total. The monoisotopic (exact) mass is 332 g/mol. The molecule has 0 spiro atoms. The summed E-state index contributed by atoms with van der Waals surface area (Å²) in [4.78, 5) is 4.27. The number of phenolic OH excluding ortho intramolecular Hbond substituents is 1. The minimum absolute atomic E-state index is 0.201. The van der Waals surface area contributed by atoms with Crippen molar-refractivity contribution in [1.29, 1.82) is 0 Å².